The van der Waals surface area contributed by atoms with Gasteiger partial charge in [0, 0.05) is 6.20 Å². The van der Waals surface area contributed by atoms with E-state index in [1.54, 1.807) is 21.7 Å². The normalized spacial score (nSPS) is 11.5. The number of aromatic nitrogens is 8. The van der Waals surface area contributed by atoms with Crippen LogP contribution in [0.1, 0.15) is 0 Å². The summed E-state index contributed by atoms with van der Waals surface area (Å²) in [5, 5.41) is 8.59. The van der Waals surface area contributed by atoms with Crippen molar-refractivity contribution in [2.24, 2.45) is 0 Å². The van der Waals surface area contributed by atoms with Crippen molar-refractivity contribution in [2.45, 2.75) is 0 Å². The third-order valence-electron chi connectivity index (χ3n) is 3.72. The zero-order chi connectivity index (χ0) is 15.2. The highest BCUT2D eigenvalue weighted by Crippen LogP contribution is 2.27. The van der Waals surface area contributed by atoms with Crippen LogP contribution in [0.5, 0.6) is 0 Å². The average Bonchev–Trinajstić information content (AvgIpc) is 3.32. The first-order chi connectivity index (χ1) is 11.4. The summed E-state index contributed by atoms with van der Waals surface area (Å²) in [5.74, 6) is 1.49. The van der Waals surface area contributed by atoms with Gasteiger partial charge in [-0.15, -0.1) is 0 Å². The Morgan fingerprint density at radius 2 is 1.87 bits per heavy atom. The molecule has 5 aromatic rings. The summed E-state index contributed by atoms with van der Waals surface area (Å²) in [6.07, 6.45) is 6.46. The van der Waals surface area contributed by atoms with Crippen LogP contribution in [0.4, 0.5) is 0 Å². The Bertz CT molecular complexity index is 1100. The van der Waals surface area contributed by atoms with E-state index in [0.717, 1.165) is 22.5 Å². The Morgan fingerprint density at radius 3 is 2.70 bits per heavy atom. The van der Waals surface area contributed by atoms with E-state index in [0.29, 0.717) is 5.78 Å². The number of hydrogen-bond donors (Lipinski definition) is 0. The topological polar surface area (TPSA) is 78.7 Å². The van der Waals surface area contributed by atoms with Gasteiger partial charge >= 0.3 is 0 Å². The van der Waals surface area contributed by atoms with E-state index in [4.69, 9.17) is 0 Å². The van der Waals surface area contributed by atoms with Gasteiger partial charge in [-0.1, -0.05) is 12.1 Å². The highest BCUT2D eigenvalue weighted by Gasteiger charge is 2.18. The van der Waals surface area contributed by atoms with Gasteiger partial charge in [0.2, 0.25) is 5.78 Å². The second-order valence-electron chi connectivity index (χ2n) is 4.98. The lowest BCUT2D eigenvalue weighted by Gasteiger charge is -2.05. The zero-order valence-electron chi connectivity index (χ0n) is 11.9. The predicted octanol–water partition coefficient (Wildman–Crippen LogP) is 1.65. The van der Waals surface area contributed by atoms with E-state index >= 15 is 0 Å². The van der Waals surface area contributed by atoms with Crippen molar-refractivity contribution in [3.8, 4) is 11.5 Å². The minimum atomic E-state index is 0.700. The van der Waals surface area contributed by atoms with Gasteiger partial charge in [0.1, 0.15) is 30.3 Å². The molecule has 110 valence electrons. The quantitative estimate of drug-likeness (QED) is 0.495. The Balaban J connectivity index is 1.96. The maximum absolute atomic E-state index is 4.44. The summed E-state index contributed by atoms with van der Waals surface area (Å²) in [4.78, 5) is 12.9. The number of fused-ring (bicyclic) bond motifs is 3. The van der Waals surface area contributed by atoms with Crippen molar-refractivity contribution in [3.05, 3.63) is 61.6 Å². The molecule has 0 aliphatic carbocycles. The van der Waals surface area contributed by atoms with E-state index in [1.165, 1.54) is 12.7 Å². The highest BCUT2D eigenvalue weighted by atomic mass is 15.4. The Kier molecular flexibility index (Phi) is 2.34. The van der Waals surface area contributed by atoms with Crippen LogP contribution in [0.25, 0.3) is 28.3 Å². The monoisotopic (exact) mass is 302 g/mol. The van der Waals surface area contributed by atoms with Crippen LogP contribution in [0.15, 0.2) is 61.6 Å². The van der Waals surface area contributed by atoms with Gasteiger partial charge in [-0.25, -0.2) is 14.6 Å². The molecule has 0 spiro atoms. The molecule has 0 saturated heterocycles. The molecule has 4 heterocycles. The largest absolute Gasteiger partial charge is 0.260 e. The van der Waals surface area contributed by atoms with Gasteiger partial charge in [0.05, 0.1) is 11.2 Å². The molecule has 8 nitrogen and oxygen atoms in total. The Hall–Kier alpha value is -3.55. The third kappa shape index (κ3) is 1.62. The molecule has 4 aromatic heterocycles. The number of rotatable bonds is 2. The number of pyridine rings is 1. The number of nitrogens with zero attached hydrogens (tertiary/aromatic N) is 8. The molecule has 0 aliphatic rings. The molecule has 0 fully saturated rings. The molecule has 1 aromatic carbocycles. The SMILES string of the molecule is c1ccc(-n2c3cccc(-n4cncn4)c3n3ncnc23)nc1. The molecule has 0 bridgehead atoms. The standard InChI is InChI=1S/C15H10N8/c1-2-7-17-13(6-1)22-12-5-3-4-11(21-10-16-8-19-21)14(12)23-15(22)18-9-20-23/h1-10H. The first-order valence-electron chi connectivity index (χ1n) is 7.03. The summed E-state index contributed by atoms with van der Waals surface area (Å²) in [5.41, 5.74) is 2.73. The third-order valence-corrected chi connectivity index (χ3v) is 3.72. The van der Waals surface area contributed by atoms with E-state index in [-0.39, 0.29) is 0 Å². The number of imidazole rings is 1. The van der Waals surface area contributed by atoms with Crippen LogP contribution >= 0.6 is 0 Å². The molecular weight excluding hydrogens is 292 g/mol. The number of benzene rings is 1. The maximum atomic E-state index is 4.44. The summed E-state index contributed by atoms with van der Waals surface area (Å²) in [6.45, 7) is 0. The lowest BCUT2D eigenvalue weighted by molar-refractivity contribution is 0.876. The predicted molar refractivity (Wildman–Crippen MR) is 82.5 cm³/mol. The Morgan fingerprint density at radius 1 is 0.870 bits per heavy atom. The van der Waals surface area contributed by atoms with Gasteiger partial charge in [-0.3, -0.25) is 4.57 Å². The van der Waals surface area contributed by atoms with Crippen LogP contribution in [-0.4, -0.2) is 38.9 Å². The molecule has 0 N–H and O–H groups in total. The molecule has 0 saturated carbocycles. The van der Waals surface area contributed by atoms with Crippen molar-refractivity contribution >= 4 is 16.8 Å². The molecule has 0 amide bonds. The number of hydrogen-bond acceptors (Lipinski definition) is 5. The molecular formula is C15H10N8. The van der Waals surface area contributed by atoms with E-state index in [2.05, 4.69) is 25.1 Å². The zero-order valence-corrected chi connectivity index (χ0v) is 11.9. The number of para-hydroxylation sites is 1. The minimum Gasteiger partial charge on any atom is -0.260 e. The van der Waals surface area contributed by atoms with E-state index in [9.17, 15) is 0 Å². The molecule has 0 aliphatic heterocycles. The summed E-state index contributed by atoms with van der Waals surface area (Å²) in [7, 11) is 0. The lowest BCUT2D eigenvalue weighted by atomic mass is 10.2. The minimum absolute atomic E-state index is 0.700. The van der Waals surface area contributed by atoms with Crippen LogP contribution in [0, 0.1) is 0 Å². The van der Waals surface area contributed by atoms with E-state index < -0.39 is 0 Å². The van der Waals surface area contributed by atoms with Crippen LogP contribution < -0.4 is 0 Å². The lowest BCUT2D eigenvalue weighted by Crippen LogP contribution is -1.98. The molecule has 0 radical (unpaired) electrons. The van der Waals surface area contributed by atoms with Crippen LogP contribution in [0.2, 0.25) is 0 Å². The summed E-state index contributed by atoms with van der Waals surface area (Å²) < 4.78 is 5.48. The maximum Gasteiger partial charge on any atom is 0.239 e. The van der Waals surface area contributed by atoms with E-state index in [1.807, 2.05) is 41.0 Å². The summed E-state index contributed by atoms with van der Waals surface area (Å²) >= 11 is 0. The van der Waals surface area contributed by atoms with Crippen molar-refractivity contribution in [2.75, 3.05) is 0 Å². The van der Waals surface area contributed by atoms with Crippen molar-refractivity contribution < 1.29 is 0 Å². The van der Waals surface area contributed by atoms with Crippen molar-refractivity contribution in [3.63, 3.8) is 0 Å². The fourth-order valence-electron chi connectivity index (χ4n) is 2.80. The van der Waals surface area contributed by atoms with Crippen molar-refractivity contribution in [1.82, 2.24) is 38.9 Å². The molecule has 5 rings (SSSR count). The average molecular weight is 302 g/mol. The van der Waals surface area contributed by atoms with Gasteiger partial charge in [0.25, 0.3) is 0 Å². The molecule has 8 heteroatoms. The van der Waals surface area contributed by atoms with Gasteiger partial charge in [-0.05, 0) is 24.3 Å². The fraction of sp³-hybridized carbons (Fsp3) is 0. The smallest absolute Gasteiger partial charge is 0.239 e. The van der Waals surface area contributed by atoms with Gasteiger partial charge < -0.3 is 0 Å². The van der Waals surface area contributed by atoms with Gasteiger partial charge in [0.15, 0.2) is 0 Å². The summed E-state index contributed by atoms with van der Waals surface area (Å²) in [6, 6.07) is 11.7. The first-order valence-corrected chi connectivity index (χ1v) is 7.03. The fourth-order valence-corrected chi connectivity index (χ4v) is 2.80. The van der Waals surface area contributed by atoms with Crippen LogP contribution in [-0.2, 0) is 0 Å². The Labute approximate surface area is 129 Å². The highest BCUT2D eigenvalue weighted by molar-refractivity contribution is 5.89. The van der Waals surface area contributed by atoms with Gasteiger partial charge in [-0.2, -0.15) is 19.7 Å². The molecule has 0 unspecified atom stereocenters. The van der Waals surface area contributed by atoms with Crippen LogP contribution in [0.3, 0.4) is 0 Å². The molecule has 0 atom stereocenters. The first kappa shape index (κ1) is 12.0. The second-order valence-corrected chi connectivity index (χ2v) is 4.98. The van der Waals surface area contributed by atoms with Crippen molar-refractivity contribution in [1.29, 1.82) is 0 Å². The second kappa shape index (κ2) is 4.47. The molecule has 23 heavy (non-hydrogen) atoms.